The summed E-state index contributed by atoms with van der Waals surface area (Å²) in [5.74, 6) is 0.930. The molecule has 0 aromatic heterocycles. The fraction of sp³-hybridized carbons (Fsp3) is 0.579. The van der Waals surface area contributed by atoms with Gasteiger partial charge in [-0.25, -0.2) is 0 Å². The summed E-state index contributed by atoms with van der Waals surface area (Å²) < 4.78 is 6.26. The van der Waals surface area contributed by atoms with Crippen molar-refractivity contribution in [1.29, 1.82) is 0 Å². The van der Waals surface area contributed by atoms with E-state index in [4.69, 9.17) is 14.6 Å². The Kier molecular flexibility index (Phi) is 2.98. The number of carbonyl (C=O) groups is 1. The molecule has 4 bridgehead atoms. The van der Waals surface area contributed by atoms with Gasteiger partial charge in [0.05, 0.1) is 31.5 Å². The van der Waals surface area contributed by atoms with Crippen molar-refractivity contribution >= 4 is 17.3 Å². The van der Waals surface area contributed by atoms with Gasteiger partial charge in [0, 0.05) is 17.5 Å². The average molecular weight is 326 g/mol. The quantitative estimate of drug-likeness (QED) is 0.839. The van der Waals surface area contributed by atoms with E-state index < -0.39 is 5.41 Å². The van der Waals surface area contributed by atoms with Gasteiger partial charge in [0.1, 0.15) is 5.41 Å². The van der Waals surface area contributed by atoms with Crippen LogP contribution in [0.4, 0.5) is 5.69 Å². The van der Waals surface area contributed by atoms with E-state index in [9.17, 15) is 4.79 Å². The van der Waals surface area contributed by atoms with Crippen LogP contribution in [0.3, 0.4) is 0 Å². The molecule has 0 N–H and O–H groups in total. The molecule has 0 unspecified atom stereocenters. The first-order valence-corrected chi connectivity index (χ1v) is 8.87. The fourth-order valence-corrected chi connectivity index (χ4v) is 5.46. The van der Waals surface area contributed by atoms with Gasteiger partial charge in [0.15, 0.2) is 0 Å². The van der Waals surface area contributed by atoms with Gasteiger partial charge in [0.2, 0.25) is 0 Å². The Morgan fingerprint density at radius 1 is 1.42 bits per heavy atom. The second-order valence-corrected chi connectivity index (χ2v) is 7.34. The van der Waals surface area contributed by atoms with Crippen LogP contribution in [0.2, 0.25) is 0 Å². The molecule has 5 atom stereocenters. The van der Waals surface area contributed by atoms with Crippen molar-refractivity contribution in [3.8, 4) is 0 Å². The number of hydrogen-bond donors (Lipinski definition) is 0. The SMILES string of the molecule is CCC1=N[C@H]2C[C@]3(C(=O)N(OC)c4ccccc43)[C@H]3C[C@H]1[C@H]2CO3. The minimum Gasteiger partial charge on any atom is -0.376 e. The van der Waals surface area contributed by atoms with Crippen LogP contribution in [0.5, 0.6) is 0 Å². The molecule has 5 nitrogen and oxygen atoms in total. The molecule has 3 fully saturated rings. The maximum atomic E-state index is 13.4. The van der Waals surface area contributed by atoms with Gasteiger partial charge in [-0.15, -0.1) is 0 Å². The Balaban J connectivity index is 1.69. The summed E-state index contributed by atoms with van der Waals surface area (Å²) >= 11 is 0. The molecule has 1 saturated carbocycles. The number of aliphatic imine (C=N–C) groups is 1. The minimum absolute atomic E-state index is 0.0117. The Bertz CT molecular complexity index is 746. The standard InChI is InChI=1S/C19H22N2O3/c1-3-14-11-8-17-19(9-15(20-14)12(11)10-24-17)13-6-4-5-7-16(13)21(23-2)18(19)22/h4-7,11-12,15,17H,3,8-10H2,1-2H3/t11-,12+,15-,17+,19+/m0/s1. The minimum atomic E-state index is -0.649. The smallest absolute Gasteiger partial charge is 0.264 e. The van der Waals surface area contributed by atoms with Crippen molar-refractivity contribution in [2.45, 2.75) is 43.7 Å². The summed E-state index contributed by atoms with van der Waals surface area (Å²) in [6.45, 7) is 2.90. The lowest BCUT2D eigenvalue weighted by atomic mass is 9.71. The highest BCUT2D eigenvalue weighted by Crippen LogP contribution is 2.56. The molecule has 5 heteroatoms. The Morgan fingerprint density at radius 3 is 3.04 bits per heavy atom. The molecule has 4 heterocycles. The maximum Gasteiger partial charge on any atom is 0.264 e. The van der Waals surface area contributed by atoms with E-state index in [-0.39, 0.29) is 18.1 Å². The molecule has 0 radical (unpaired) electrons. The number of ether oxygens (including phenoxy) is 1. The normalized spacial score (nSPS) is 39.3. The molecule has 1 amide bonds. The van der Waals surface area contributed by atoms with Crippen LogP contribution in [0.1, 0.15) is 31.7 Å². The highest BCUT2D eigenvalue weighted by atomic mass is 16.7. The third kappa shape index (κ3) is 1.57. The molecule has 1 spiro atoms. The molecule has 126 valence electrons. The molecule has 1 aromatic rings. The zero-order valence-corrected chi connectivity index (χ0v) is 14.1. The summed E-state index contributed by atoms with van der Waals surface area (Å²) in [6, 6.07) is 8.16. The first kappa shape index (κ1) is 14.6. The fourth-order valence-electron chi connectivity index (χ4n) is 5.46. The predicted octanol–water partition coefficient (Wildman–Crippen LogP) is 2.49. The van der Waals surface area contributed by atoms with Gasteiger partial charge in [-0.05, 0) is 30.9 Å². The molecule has 4 aliphatic heterocycles. The van der Waals surface area contributed by atoms with Crippen LogP contribution < -0.4 is 5.06 Å². The third-order valence-corrected chi connectivity index (χ3v) is 6.52. The number of hydroxylamine groups is 1. The number of anilines is 1. The zero-order valence-electron chi connectivity index (χ0n) is 14.1. The van der Waals surface area contributed by atoms with Crippen LogP contribution in [-0.2, 0) is 19.8 Å². The largest absolute Gasteiger partial charge is 0.376 e. The number of rotatable bonds is 2. The molecular formula is C19H22N2O3. The summed E-state index contributed by atoms with van der Waals surface area (Å²) in [6.07, 6.45) is 2.55. The number of hydrogen-bond acceptors (Lipinski definition) is 4. The average Bonchev–Trinajstić information content (AvgIpc) is 2.96. The Morgan fingerprint density at radius 2 is 2.25 bits per heavy atom. The first-order valence-electron chi connectivity index (χ1n) is 8.87. The van der Waals surface area contributed by atoms with E-state index in [0.29, 0.717) is 11.8 Å². The van der Waals surface area contributed by atoms with Crippen LogP contribution in [0, 0.1) is 11.8 Å². The number of nitrogens with zero attached hydrogens (tertiary/aromatic N) is 2. The molecule has 2 saturated heterocycles. The second-order valence-electron chi connectivity index (χ2n) is 7.34. The van der Waals surface area contributed by atoms with Gasteiger partial charge in [-0.1, -0.05) is 25.1 Å². The number of fused-ring (bicyclic) bond motifs is 2. The molecule has 1 aliphatic carbocycles. The number of amides is 1. The highest BCUT2D eigenvalue weighted by molar-refractivity contribution is 6.07. The van der Waals surface area contributed by atoms with Gasteiger partial charge in [-0.3, -0.25) is 14.6 Å². The molecule has 5 aliphatic rings. The van der Waals surface area contributed by atoms with E-state index in [1.165, 1.54) is 10.8 Å². The van der Waals surface area contributed by atoms with Crippen LogP contribution in [-0.4, -0.2) is 37.5 Å². The molecule has 1 aromatic carbocycles. The summed E-state index contributed by atoms with van der Waals surface area (Å²) in [4.78, 5) is 23.9. The highest BCUT2D eigenvalue weighted by Gasteiger charge is 2.64. The number of benzene rings is 1. The molecule has 6 rings (SSSR count). The maximum absolute atomic E-state index is 13.4. The Labute approximate surface area is 141 Å². The number of para-hydroxylation sites is 1. The van der Waals surface area contributed by atoms with Crippen molar-refractivity contribution in [2.24, 2.45) is 16.8 Å². The third-order valence-electron chi connectivity index (χ3n) is 6.52. The van der Waals surface area contributed by atoms with Gasteiger partial charge in [-0.2, -0.15) is 5.06 Å². The lowest BCUT2D eigenvalue weighted by Crippen LogP contribution is -2.51. The van der Waals surface area contributed by atoms with E-state index >= 15 is 0 Å². The number of carbonyl (C=O) groups excluding carboxylic acids is 1. The van der Waals surface area contributed by atoms with Crippen molar-refractivity contribution < 1.29 is 14.4 Å². The van der Waals surface area contributed by atoms with Crippen LogP contribution >= 0.6 is 0 Å². The van der Waals surface area contributed by atoms with Gasteiger partial charge >= 0.3 is 0 Å². The van der Waals surface area contributed by atoms with Crippen molar-refractivity contribution in [3.63, 3.8) is 0 Å². The predicted molar refractivity (Wildman–Crippen MR) is 90.1 cm³/mol. The zero-order chi connectivity index (χ0) is 16.5. The van der Waals surface area contributed by atoms with Crippen molar-refractivity contribution in [2.75, 3.05) is 18.8 Å². The van der Waals surface area contributed by atoms with Gasteiger partial charge in [0.25, 0.3) is 5.91 Å². The topological polar surface area (TPSA) is 51.1 Å². The summed E-state index contributed by atoms with van der Waals surface area (Å²) in [5.41, 5.74) is 2.58. The van der Waals surface area contributed by atoms with E-state index in [1.54, 1.807) is 7.11 Å². The van der Waals surface area contributed by atoms with E-state index in [1.807, 2.05) is 18.2 Å². The molecule has 24 heavy (non-hydrogen) atoms. The summed E-state index contributed by atoms with van der Waals surface area (Å²) in [7, 11) is 1.56. The van der Waals surface area contributed by atoms with Crippen molar-refractivity contribution in [3.05, 3.63) is 29.8 Å². The lowest BCUT2D eigenvalue weighted by Gasteiger charge is -2.38. The van der Waals surface area contributed by atoms with E-state index in [0.717, 1.165) is 37.1 Å². The first-order chi connectivity index (χ1) is 11.7. The monoisotopic (exact) mass is 326 g/mol. The van der Waals surface area contributed by atoms with Crippen LogP contribution in [0.15, 0.2) is 29.3 Å². The van der Waals surface area contributed by atoms with E-state index in [2.05, 4.69) is 13.0 Å². The van der Waals surface area contributed by atoms with Crippen molar-refractivity contribution in [1.82, 2.24) is 0 Å². The summed E-state index contributed by atoms with van der Waals surface area (Å²) in [5, 5.41) is 1.45. The second kappa shape index (κ2) is 4.90. The van der Waals surface area contributed by atoms with Gasteiger partial charge < -0.3 is 4.74 Å². The Hall–Kier alpha value is -1.72. The lowest BCUT2D eigenvalue weighted by molar-refractivity contribution is -0.137. The van der Waals surface area contributed by atoms with Crippen LogP contribution in [0.25, 0.3) is 0 Å². The molecular weight excluding hydrogens is 304 g/mol.